The molecule has 1 aromatic rings. The number of hydrogen-bond donors (Lipinski definition) is 1. The molecule has 3 rings (SSSR count). The average Bonchev–Trinajstić information content (AvgIpc) is 2.86. The molecule has 1 N–H and O–H groups in total. The lowest BCUT2D eigenvalue weighted by Gasteiger charge is -2.39. The van der Waals surface area contributed by atoms with Crippen molar-refractivity contribution in [1.82, 2.24) is 9.80 Å². The zero-order valence-corrected chi connectivity index (χ0v) is 12.6. The maximum Gasteiger partial charge on any atom is 0.254 e. The van der Waals surface area contributed by atoms with E-state index in [0.717, 1.165) is 37.3 Å². The summed E-state index contributed by atoms with van der Waals surface area (Å²) in [5.41, 5.74) is 2.42. The van der Waals surface area contributed by atoms with Crippen molar-refractivity contribution in [2.75, 3.05) is 32.0 Å². The standard InChI is InChI=1S/C16H21N3O2/c1-3-13-10-19(7-6-18(13)2)16(21)12-5-4-11-9-15(20)17-14(11)8-12/h4-5,8,13H,3,6-7,9-10H2,1-2H3,(H,17,20). The fraction of sp³-hybridized carbons (Fsp3) is 0.500. The van der Waals surface area contributed by atoms with E-state index in [9.17, 15) is 9.59 Å². The highest BCUT2D eigenvalue weighted by Crippen LogP contribution is 2.25. The number of piperazine rings is 1. The van der Waals surface area contributed by atoms with Crippen LogP contribution in [0.3, 0.4) is 0 Å². The maximum atomic E-state index is 12.6. The summed E-state index contributed by atoms with van der Waals surface area (Å²) >= 11 is 0. The van der Waals surface area contributed by atoms with E-state index in [1.54, 1.807) is 0 Å². The third kappa shape index (κ3) is 2.65. The lowest BCUT2D eigenvalue weighted by molar-refractivity contribution is -0.115. The normalized spacial score (nSPS) is 22.1. The fourth-order valence-electron chi connectivity index (χ4n) is 3.10. The van der Waals surface area contributed by atoms with Crippen LogP contribution in [0.5, 0.6) is 0 Å². The summed E-state index contributed by atoms with van der Waals surface area (Å²) in [5.74, 6) is 0.0609. The molecule has 1 unspecified atom stereocenters. The predicted molar refractivity (Wildman–Crippen MR) is 81.4 cm³/mol. The number of hydrogen-bond acceptors (Lipinski definition) is 3. The van der Waals surface area contributed by atoms with Crippen LogP contribution in [0.2, 0.25) is 0 Å². The predicted octanol–water partition coefficient (Wildman–Crippen LogP) is 1.35. The summed E-state index contributed by atoms with van der Waals surface area (Å²) in [7, 11) is 2.11. The molecule has 0 aliphatic carbocycles. The van der Waals surface area contributed by atoms with Crippen molar-refractivity contribution < 1.29 is 9.59 Å². The molecule has 1 aromatic carbocycles. The van der Waals surface area contributed by atoms with Gasteiger partial charge in [0.05, 0.1) is 6.42 Å². The first-order valence-electron chi connectivity index (χ1n) is 7.50. The highest BCUT2D eigenvalue weighted by atomic mass is 16.2. The van der Waals surface area contributed by atoms with Crippen LogP contribution in [0.15, 0.2) is 18.2 Å². The van der Waals surface area contributed by atoms with Crippen molar-refractivity contribution in [1.29, 1.82) is 0 Å². The summed E-state index contributed by atoms with van der Waals surface area (Å²) in [6.07, 6.45) is 1.46. The number of carbonyl (C=O) groups excluding carboxylic acids is 2. The first kappa shape index (κ1) is 14.1. The van der Waals surface area contributed by atoms with Gasteiger partial charge in [0.15, 0.2) is 0 Å². The molecule has 21 heavy (non-hydrogen) atoms. The number of rotatable bonds is 2. The zero-order valence-electron chi connectivity index (χ0n) is 12.6. The Morgan fingerprint density at radius 1 is 1.38 bits per heavy atom. The molecule has 2 aliphatic rings. The molecule has 1 saturated heterocycles. The van der Waals surface area contributed by atoms with Crippen molar-refractivity contribution in [3.63, 3.8) is 0 Å². The van der Waals surface area contributed by atoms with Gasteiger partial charge in [-0.15, -0.1) is 0 Å². The molecule has 2 heterocycles. The molecule has 0 bridgehead atoms. The van der Waals surface area contributed by atoms with Crippen LogP contribution in [0.1, 0.15) is 29.3 Å². The van der Waals surface area contributed by atoms with E-state index >= 15 is 0 Å². The van der Waals surface area contributed by atoms with Crippen molar-refractivity contribution >= 4 is 17.5 Å². The summed E-state index contributed by atoms with van der Waals surface area (Å²) < 4.78 is 0. The summed E-state index contributed by atoms with van der Waals surface area (Å²) in [6, 6.07) is 5.95. The van der Waals surface area contributed by atoms with Crippen molar-refractivity contribution in [3.8, 4) is 0 Å². The van der Waals surface area contributed by atoms with Gasteiger partial charge in [-0.2, -0.15) is 0 Å². The molecule has 1 atom stereocenters. The van der Waals surface area contributed by atoms with Crippen LogP contribution in [0.25, 0.3) is 0 Å². The Bertz CT molecular complexity index is 585. The molecule has 112 valence electrons. The summed E-state index contributed by atoms with van der Waals surface area (Å²) in [4.78, 5) is 28.3. The van der Waals surface area contributed by atoms with Crippen LogP contribution in [-0.2, 0) is 11.2 Å². The number of carbonyl (C=O) groups is 2. The van der Waals surface area contributed by atoms with Gasteiger partial charge in [-0.3, -0.25) is 14.5 Å². The lowest BCUT2D eigenvalue weighted by Crippen LogP contribution is -2.52. The Kier molecular flexibility index (Phi) is 3.68. The van der Waals surface area contributed by atoms with E-state index in [0.29, 0.717) is 18.0 Å². The highest BCUT2D eigenvalue weighted by molar-refractivity contribution is 6.02. The van der Waals surface area contributed by atoms with Crippen LogP contribution < -0.4 is 5.32 Å². The quantitative estimate of drug-likeness (QED) is 0.893. The molecule has 2 aliphatic heterocycles. The largest absolute Gasteiger partial charge is 0.336 e. The van der Waals surface area contributed by atoms with Crippen LogP contribution in [0, 0.1) is 0 Å². The van der Waals surface area contributed by atoms with Crippen LogP contribution >= 0.6 is 0 Å². The first-order chi connectivity index (χ1) is 10.1. The van der Waals surface area contributed by atoms with E-state index in [1.807, 2.05) is 23.1 Å². The SMILES string of the molecule is CCC1CN(C(=O)c2ccc3c(c2)NC(=O)C3)CCN1C. The second kappa shape index (κ2) is 5.48. The fourth-order valence-corrected chi connectivity index (χ4v) is 3.10. The van der Waals surface area contributed by atoms with Crippen molar-refractivity contribution in [2.24, 2.45) is 0 Å². The van der Waals surface area contributed by atoms with Gasteiger partial charge in [0.2, 0.25) is 5.91 Å². The third-order valence-corrected chi connectivity index (χ3v) is 4.52. The Balaban J connectivity index is 1.77. The molecule has 0 saturated carbocycles. The number of anilines is 1. The van der Waals surface area contributed by atoms with E-state index in [-0.39, 0.29) is 11.8 Å². The number of likely N-dealkylation sites (N-methyl/N-ethyl adjacent to an activating group) is 1. The maximum absolute atomic E-state index is 12.6. The molecule has 0 radical (unpaired) electrons. The molecule has 2 amide bonds. The van der Waals surface area contributed by atoms with E-state index < -0.39 is 0 Å². The van der Waals surface area contributed by atoms with Gasteiger partial charge in [-0.05, 0) is 31.2 Å². The van der Waals surface area contributed by atoms with Gasteiger partial charge in [0.25, 0.3) is 5.91 Å². The van der Waals surface area contributed by atoms with Crippen LogP contribution in [0.4, 0.5) is 5.69 Å². The smallest absolute Gasteiger partial charge is 0.254 e. The Morgan fingerprint density at radius 2 is 2.19 bits per heavy atom. The number of fused-ring (bicyclic) bond motifs is 1. The number of benzene rings is 1. The van der Waals surface area contributed by atoms with Crippen molar-refractivity contribution in [2.45, 2.75) is 25.8 Å². The topological polar surface area (TPSA) is 52.7 Å². The van der Waals surface area contributed by atoms with E-state index in [1.165, 1.54) is 0 Å². The van der Waals surface area contributed by atoms with E-state index in [2.05, 4.69) is 24.2 Å². The van der Waals surface area contributed by atoms with Gasteiger partial charge < -0.3 is 10.2 Å². The minimum absolute atomic E-state index is 0.000225. The van der Waals surface area contributed by atoms with Gasteiger partial charge in [0.1, 0.15) is 0 Å². The molecular formula is C16H21N3O2. The minimum Gasteiger partial charge on any atom is -0.336 e. The Morgan fingerprint density at radius 3 is 2.95 bits per heavy atom. The zero-order chi connectivity index (χ0) is 15.0. The first-order valence-corrected chi connectivity index (χ1v) is 7.50. The molecule has 1 fully saturated rings. The van der Waals surface area contributed by atoms with Crippen LogP contribution in [-0.4, -0.2) is 54.3 Å². The van der Waals surface area contributed by atoms with Gasteiger partial charge in [0, 0.05) is 36.9 Å². The number of nitrogens with one attached hydrogen (secondary N) is 1. The number of nitrogens with zero attached hydrogens (tertiary/aromatic N) is 2. The van der Waals surface area contributed by atoms with E-state index in [4.69, 9.17) is 0 Å². The average molecular weight is 287 g/mol. The third-order valence-electron chi connectivity index (χ3n) is 4.52. The number of amides is 2. The second-order valence-corrected chi connectivity index (χ2v) is 5.89. The highest BCUT2D eigenvalue weighted by Gasteiger charge is 2.27. The lowest BCUT2D eigenvalue weighted by atomic mass is 10.1. The Hall–Kier alpha value is -1.88. The molecule has 5 heteroatoms. The van der Waals surface area contributed by atoms with Gasteiger partial charge >= 0.3 is 0 Å². The molecule has 0 spiro atoms. The summed E-state index contributed by atoms with van der Waals surface area (Å²) in [6.45, 7) is 4.59. The van der Waals surface area contributed by atoms with Gasteiger partial charge in [-0.1, -0.05) is 13.0 Å². The monoisotopic (exact) mass is 287 g/mol. The Labute approximate surface area is 124 Å². The van der Waals surface area contributed by atoms with Gasteiger partial charge in [-0.25, -0.2) is 0 Å². The summed E-state index contributed by atoms with van der Waals surface area (Å²) in [5, 5.41) is 2.80. The second-order valence-electron chi connectivity index (χ2n) is 5.89. The molecule has 5 nitrogen and oxygen atoms in total. The molecule has 0 aromatic heterocycles. The minimum atomic E-state index is 0.000225. The molecular weight excluding hydrogens is 266 g/mol. The van der Waals surface area contributed by atoms with Crippen molar-refractivity contribution in [3.05, 3.63) is 29.3 Å².